The SMILES string of the molecule is CC(C)C(=O)NC1CCc2ccccc21.COc1cccc(CCNC(=O)C(C)C)c1.[HH].[HH]. The molecular weight excluding hydrogens is 388 g/mol. The Morgan fingerprint density at radius 2 is 1.74 bits per heavy atom. The minimum absolute atomic E-state index is 0. The van der Waals surface area contributed by atoms with Crippen molar-refractivity contribution < 1.29 is 17.2 Å². The molecule has 0 fully saturated rings. The molecular formula is C26H40N2O3. The van der Waals surface area contributed by atoms with Gasteiger partial charge in [-0.25, -0.2) is 0 Å². The molecule has 1 aliphatic rings. The van der Waals surface area contributed by atoms with Gasteiger partial charge in [-0.15, -0.1) is 0 Å². The zero-order valence-electron chi connectivity index (χ0n) is 19.4. The summed E-state index contributed by atoms with van der Waals surface area (Å²) in [5, 5.41) is 5.98. The summed E-state index contributed by atoms with van der Waals surface area (Å²) in [7, 11) is 1.65. The van der Waals surface area contributed by atoms with E-state index in [2.05, 4.69) is 28.8 Å². The lowest BCUT2D eigenvalue weighted by molar-refractivity contribution is -0.125. The quantitative estimate of drug-likeness (QED) is 0.656. The average Bonchev–Trinajstić information content (AvgIpc) is 3.17. The van der Waals surface area contributed by atoms with Crippen LogP contribution in [0.5, 0.6) is 5.75 Å². The molecule has 0 radical (unpaired) electrons. The lowest BCUT2D eigenvalue weighted by Gasteiger charge is -2.15. The molecule has 1 aliphatic carbocycles. The van der Waals surface area contributed by atoms with Crippen LogP contribution in [0.25, 0.3) is 0 Å². The highest BCUT2D eigenvalue weighted by Crippen LogP contribution is 2.30. The number of rotatable bonds is 7. The summed E-state index contributed by atoms with van der Waals surface area (Å²) < 4.78 is 5.13. The van der Waals surface area contributed by atoms with Crippen molar-refractivity contribution in [3.8, 4) is 5.75 Å². The Kier molecular flexibility index (Phi) is 9.57. The molecule has 2 aromatic carbocycles. The second-order valence-corrected chi connectivity index (χ2v) is 8.50. The first-order valence-corrected chi connectivity index (χ1v) is 11.1. The van der Waals surface area contributed by atoms with E-state index in [1.165, 1.54) is 16.7 Å². The Balaban J connectivity index is 0.000000586. The molecule has 172 valence electrons. The number of carbonyl (C=O) groups is 2. The van der Waals surface area contributed by atoms with Gasteiger partial charge in [-0.2, -0.15) is 0 Å². The van der Waals surface area contributed by atoms with Crippen LogP contribution in [0.4, 0.5) is 0 Å². The molecule has 0 spiro atoms. The van der Waals surface area contributed by atoms with E-state index >= 15 is 0 Å². The van der Waals surface area contributed by atoms with Crippen molar-refractivity contribution in [2.24, 2.45) is 11.8 Å². The number of methoxy groups -OCH3 is 1. The fourth-order valence-electron chi connectivity index (χ4n) is 3.41. The number of hydrogen-bond acceptors (Lipinski definition) is 3. The van der Waals surface area contributed by atoms with E-state index in [4.69, 9.17) is 4.74 Å². The Morgan fingerprint density at radius 1 is 1.03 bits per heavy atom. The first-order valence-electron chi connectivity index (χ1n) is 11.1. The molecule has 1 unspecified atom stereocenters. The maximum absolute atomic E-state index is 11.6. The fraction of sp³-hybridized carbons (Fsp3) is 0.462. The third kappa shape index (κ3) is 7.74. The van der Waals surface area contributed by atoms with Crippen molar-refractivity contribution in [3.63, 3.8) is 0 Å². The molecule has 0 aliphatic heterocycles. The van der Waals surface area contributed by atoms with Gasteiger partial charge in [0.2, 0.25) is 11.8 Å². The van der Waals surface area contributed by atoms with E-state index in [0.29, 0.717) is 6.54 Å². The van der Waals surface area contributed by atoms with Crippen LogP contribution in [0.2, 0.25) is 0 Å². The van der Waals surface area contributed by atoms with Crippen molar-refractivity contribution in [2.45, 2.75) is 53.0 Å². The zero-order valence-corrected chi connectivity index (χ0v) is 19.4. The number of carbonyl (C=O) groups excluding carboxylic acids is 2. The second-order valence-electron chi connectivity index (χ2n) is 8.50. The average molecular weight is 429 g/mol. The lowest BCUT2D eigenvalue weighted by atomic mass is 10.1. The molecule has 5 heteroatoms. The van der Waals surface area contributed by atoms with Crippen LogP contribution in [0.1, 0.15) is 59.7 Å². The van der Waals surface area contributed by atoms with Crippen molar-refractivity contribution >= 4 is 11.8 Å². The van der Waals surface area contributed by atoms with Gasteiger partial charge >= 0.3 is 0 Å². The molecule has 1 atom stereocenters. The number of aryl methyl sites for hydroxylation is 1. The van der Waals surface area contributed by atoms with E-state index in [-0.39, 0.29) is 32.5 Å². The zero-order chi connectivity index (χ0) is 22.8. The van der Waals surface area contributed by atoms with E-state index in [9.17, 15) is 9.59 Å². The molecule has 3 rings (SSSR count). The van der Waals surface area contributed by atoms with Crippen LogP contribution in [0.15, 0.2) is 48.5 Å². The topological polar surface area (TPSA) is 67.4 Å². The normalized spacial score (nSPS) is 14.5. The number of benzene rings is 2. The Morgan fingerprint density at radius 3 is 2.42 bits per heavy atom. The molecule has 0 saturated heterocycles. The van der Waals surface area contributed by atoms with Gasteiger partial charge in [0.05, 0.1) is 13.2 Å². The summed E-state index contributed by atoms with van der Waals surface area (Å²) in [6.07, 6.45) is 2.95. The van der Waals surface area contributed by atoms with Crippen LogP contribution in [-0.4, -0.2) is 25.5 Å². The molecule has 0 aromatic heterocycles. The highest BCUT2D eigenvalue weighted by molar-refractivity contribution is 5.78. The molecule has 2 amide bonds. The minimum atomic E-state index is 0. The molecule has 0 heterocycles. The molecule has 31 heavy (non-hydrogen) atoms. The van der Waals surface area contributed by atoms with Crippen molar-refractivity contribution in [2.75, 3.05) is 13.7 Å². The summed E-state index contributed by atoms with van der Waals surface area (Å²) in [5.74, 6) is 1.22. The summed E-state index contributed by atoms with van der Waals surface area (Å²) in [6, 6.07) is 16.5. The van der Waals surface area contributed by atoms with Gasteiger partial charge in [-0.3, -0.25) is 9.59 Å². The fourth-order valence-corrected chi connectivity index (χ4v) is 3.41. The maximum atomic E-state index is 11.6. The first kappa shape index (κ1) is 24.4. The standard InChI is InChI=1S/C13H19NO2.C13H17NO.2H2/c1-10(2)13(15)14-8-7-11-5-4-6-12(9-11)16-3;1-9(2)13(15)14-12-8-7-10-5-3-4-6-11(10)12;;/h4-6,9-10H,7-8H2,1-3H3,(H,14,15);3-6,9,12H,7-8H2,1-2H3,(H,14,15);2*1H. The van der Waals surface area contributed by atoms with Gasteiger partial charge in [0.25, 0.3) is 0 Å². The predicted molar refractivity (Wildman–Crippen MR) is 129 cm³/mol. The molecule has 2 aromatic rings. The number of hydrogen-bond donors (Lipinski definition) is 2. The van der Waals surface area contributed by atoms with Gasteiger partial charge in [0.15, 0.2) is 0 Å². The van der Waals surface area contributed by atoms with Crippen LogP contribution in [0, 0.1) is 11.8 Å². The highest BCUT2D eigenvalue weighted by atomic mass is 16.5. The summed E-state index contributed by atoms with van der Waals surface area (Å²) >= 11 is 0. The summed E-state index contributed by atoms with van der Waals surface area (Å²) in [6.45, 7) is 8.30. The number of nitrogens with one attached hydrogen (secondary N) is 2. The smallest absolute Gasteiger partial charge is 0.223 e. The number of amides is 2. The predicted octanol–water partition coefficient (Wildman–Crippen LogP) is 4.95. The van der Waals surface area contributed by atoms with Gasteiger partial charge in [0.1, 0.15) is 5.75 Å². The monoisotopic (exact) mass is 428 g/mol. The summed E-state index contributed by atoms with van der Waals surface area (Å²) in [4.78, 5) is 22.9. The highest BCUT2D eigenvalue weighted by Gasteiger charge is 2.23. The largest absolute Gasteiger partial charge is 0.497 e. The van der Waals surface area contributed by atoms with Crippen LogP contribution in [-0.2, 0) is 22.4 Å². The van der Waals surface area contributed by atoms with E-state index < -0.39 is 0 Å². The Bertz CT molecular complexity index is 872. The second kappa shape index (κ2) is 12.1. The first-order chi connectivity index (χ1) is 14.8. The lowest BCUT2D eigenvalue weighted by Crippen LogP contribution is -2.30. The van der Waals surface area contributed by atoms with Gasteiger partial charge in [-0.05, 0) is 48.1 Å². The number of ether oxygens (including phenoxy) is 1. The maximum Gasteiger partial charge on any atom is 0.223 e. The van der Waals surface area contributed by atoms with Gasteiger partial charge in [-0.1, -0.05) is 64.1 Å². The Labute approximate surface area is 189 Å². The van der Waals surface area contributed by atoms with Gasteiger partial charge in [0, 0.05) is 21.2 Å². The van der Waals surface area contributed by atoms with Crippen molar-refractivity contribution in [3.05, 3.63) is 65.2 Å². The summed E-state index contributed by atoms with van der Waals surface area (Å²) in [5.41, 5.74) is 3.85. The van der Waals surface area contributed by atoms with Crippen LogP contribution in [0.3, 0.4) is 0 Å². The minimum Gasteiger partial charge on any atom is -0.497 e. The van der Waals surface area contributed by atoms with E-state index in [1.807, 2.05) is 58.0 Å². The molecule has 5 nitrogen and oxygen atoms in total. The number of fused-ring (bicyclic) bond motifs is 1. The molecule has 0 bridgehead atoms. The third-order valence-corrected chi connectivity index (χ3v) is 5.35. The van der Waals surface area contributed by atoms with Gasteiger partial charge < -0.3 is 15.4 Å². The van der Waals surface area contributed by atoms with Crippen LogP contribution >= 0.6 is 0 Å². The molecule has 0 saturated carbocycles. The Hall–Kier alpha value is -2.82. The van der Waals surface area contributed by atoms with E-state index in [0.717, 1.165) is 25.0 Å². The van der Waals surface area contributed by atoms with Crippen LogP contribution < -0.4 is 15.4 Å². The third-order valence-electron chi connectivity index (χ3n) is 5.35. The van der Waals surface area contributed by atoms with E-state index in [1.54, 1.807) is 7.11 Å². The molecule has 2 N–H and O–H groups in total. The van der Waals surface area contributed by atoms with Crippen molar-refractivity contribution in [1.82, 2.24) is 10.6 Å². The van der Waals surface area contributed by atoms with Crippen molar-refractivity contribution in [1.29, 1.82) is 0 Å².